The molecule has 0 unspecified atom stereocenters. The van der Waals surface area contributed by atoms with Crippen molar-refractivity contribution in [2.45, 2.75) is 38.9 Å². The lowest BCUT2D eigenvalue weighted by Crippen LogP contribution is -2.31. The predicted molar refractivity (Wildman–Crippen MR) is 82.9 cm³/mol. The van der Waals surface area contributed by atoms with E-state index in [-0.39, 0.29) is 0 Å². The summed E-state index contributed by atoms with van der Waals surface area (Å²) >= 11 is 0. The first-order valence-corrected chi connectivity index (χ1v) is 7.94. The predicted octanol–water partition coefficient (Wildman–Crippen LogP) is 3.28. The van der Waals surface area contributed by atoms with Gasteiger partial charge in [-0.3, -0.25) is 9.69 Å². The van der Waals surface area contributed by atoms with Gasteiger partial charge >= 0.3 is 6.18 Å². The lowest BCUT2D eigenvalue weighted by molar-refractivity contribution is -0.144. The summed E-state index contributed by atoms with van der Waals surface area (Å²) in [5.41, 5.74) is 2.55. The van der Waals surface area contributed by atoms with Gasteiger partial charge in [0.15, 0.2) is 0 Å². The minimum Gasteiger partial charge on any atom is -0.356 e. The third kappa shape index (κ3) is 6.22. The fourth-order valence-electron chi connectivity index (χ4n) is 2.85. The van der Waals surface area contributed by atoms with Gasteiger partial charge in [0, 0.05) is 26.1 Å². The number of aryl methyl sites for hydroxylation is 1. The maximum absolute atomic E-state index is 12.1. The molecule has 1 aliphatic rings. The maximum atomic E-state index is 12.1. The quantitative estimate of drug-likeness (QED) is 0.869. The molecule has 1 N–H and O–H groups in total. The molecule has 6 heteroatoms. The Hall–Kier alpha value is -1.56. The number of amides is 1. The SMILES string of the molecule is Cc1ccccc1CN1CC[C@@H](CNC(=O)CCC(F)(F)F)C1. The van der Waals surface area contributed by atoms with E-state index < -0.39 is 24.9 Å². The largest absolute Gasteiger partial charge is 0.389 e. The number of hydrogen-bond donors (Lipinski definition) is 1. The first kappa shape index (κ1) is 17.8. The number of nitrogens with one attached hydrogen (secondary N) is 1. The highest BCUT2D eigenvalue weighted by atomic mass is 19.4. The van der Waals surface area contributed by atoms with Gasteiger partial charge in [0.05, 0.1) is 6.42 Å². The Morgan fingerprint density at radius 1 is 1.35 bits per heavy atom. The van der Waals surface area contributed by atoms with E-state index in [2.05, 4.69) is 29.3 Å². The lowest BCUT2D eigenvalue weighted by atomic mass is 10.1. The van der Waals surface area contributed by atoms with Crippen LogP contribution in [0.2, 0.25) is 0 Å². The van der Waals surface area contributed by atoms with Crippen LogP contribution in [-0.4, -0.2) is 36.6 Å². The Balaban J connectivity index is 1.69. The zero-order chi connectivity index (χ0) is 16.9. The molecule has 1 saturated heterocycles. The van der Waals surface area contributed by atoms with Crippen molar-refractivity contribution in [1.29, 1.82) is 0 Å². The van der Waals surface area contributed by atoms with Gasteiger partial charge in [-0.15, -0.1) is 0 Å². The van der Waals surface area contributed by atoms with Gasteiger partial charge in [-0.05, 0) is 36.9 Å². The molecule has 2 rings (SSSR count). The first-order valence-electron chi connectivity index (χ1n) is 7.94. The molecular formula is C17H23F3N2O. The Bertz CT molecular complexity index is 531. The molecule has 1 atom stereocenters. The summed E-state index contributed by atoms with van der Waals surface area (Å²) < 4.78 is 36.2. The normalized spacial score (nSPS) is 19.0. The van der Waals surface area contributed by atoms with E-state index in [1.54, 1.807) is 0 Å². The number of alkyl halides is 3. The van der Waals surface area contributed by atoms with E-state index >= 15 is 0 Å². The van der Waals surface area contributed by atoms with Crippen LogP contribution < -0.4 is 5.32 Å². The molecule has 0 spiro atoms. The molecule has 1 aromatic carbocycles. The number of carbonyl (C=O) groups excluding carboxylic acids is 1. The van der Waals surface area contributed by atoms with Crippen molar-refractivity contribution in [2.75, 3.05) is 19.6 Å². The van der Waals surface area contributed by atoms with Gasteiger partial charge in [0.25, 0.3) is 0 Å². The van der Waals surface area contributed by atoms with E-state index in [1.807, 2.05) is 12.1 Å². The van der Waals surface area contributed by atoms with Crippen molar-refractivity contribution in [3.05, 3.63) is 35.4 Å². The molecule has 128 valence electrons. The van der Waals surface area contributed by atoms with Crippen LogP contribution in [0, 0.1) is 12.8 Å². The van der Waals surface area contributed by atoms with Crippen LogP contribution in [0.4, 0.5) is 13.2 Å². The number of benzene rings is 1. The number of hydrogen-bond acceptors (Lipinski definition) is 2. The molecule has 1 aromatic rings. The summed E-state index contributed by atoms with van der Waals surface area (Å²) in [7, 11) is 0. The standard InChI is InChI=1S/C17H23F3N2O/c1-13-4-2-3-5-15(13)12-22-9-7-14(11-22)10-21-16(23)6-8-17(18,19)20/h2-5,14H,6-12H2,1H3,(H,21,23)/t14-/m0/s1. The van der Waals surface area contributed by atoms with Gasteiger partial charge < -0.3 is 5.32 Å². The topological polar surface area (TPSA) is 32.3 Å². The van der Waals surface area contributed by atoms with Gasteiger partial charge in [-0.25, -0.2) is 0 Å². The molecule has 3 nitrogen and oxygen atoms in total. The van der Waals surface area contributed by atoms with Crippen LogP contribution in [-0.2, 0) is 11.3 Å². The summed E-state index contributed by atoms with van der Waals surface area (Å²) in [5.74, 6) is -0.200. The Kier molecular flexibility index (Phi) is 6.04. The minimum atomic E-state index is -4.27. The smallest absolute Gasteiger partial charge is 0.356 e. The highest BCUT2D eigenvalue weighted by molar-refractivity contribution is 5.75. The monoisotopic (exact) mass is 328 g/mol. The van der Waals surface area contributed by atoms with Gasteiger partial charge in [-0.1, -0.05) is 24.3 Å². The molecule has 0 aliphatic carbocycles. The number of nitrogens with zero attached hydrogens (tertiary/aromatic N) is 1. The number of rotatable bonds is 6. The molecule has 23 heavy (non-hydrogen) atoms. The van der Waals surface area contributed by atoms with Crippen molar-refractivity contribution in [3.8, 4) is 0 Å². The Morgan fingerprint density at radius 2 is 2.09 bits per heavy atom. The average molecular weight is 328 g/mol. The zero-order valence-electron chi connectivity index (χ0n) is 13.3. The fraction of sp³-hybridized carbons (Fsp3) is 0.588. The number of likely N-dealkylation sites (tertiary alicyclic amines) is 1. The summed E-state index contributed by atoms with van der Waals surface area (Å²) in [6, 6.07) is 8.24. The molecule has 0 radical (unpaired) electrons. The summed E-state index contributed by atoms with van der Waals surface area (Å²) in [4.78, 5) is 13.8. The van der Waals surface area contributed by atoms with Crippen LogP contribution in [0.25, 0.3) is 0 Å². The van der Waals surface area contributed by atoms with Crippen LogP contribution >= 0.6 is 0 Å². The van der Waals surface area contributed by atoms with E-state index in [0.29, 0.717) is 12.5 Å². The van der Waals surface area contributed by atoms with E-state index in [0.717, 1.165) is 26.1 Å². The van der Waals surface area contributed by atoms with Gasteiger partial charge in [0.1, 0.15) is 0 Å². The maximum Gasteiger partial charge on any atom is 0.389 e. The van der Waals surface area contributed by atoms with Crippen molar-refractivity contribution in [3.63, 3.8) is 0 Å². The molecular weight excluding hydrogens is 305 g/mol. The van der Waals surface area contributed by atoms with Crippen molar-refractivity contribution in [2.24, 2.45) is 5.92 Å². The van der Waals surface area contributed by atoms with Crippen molar-refractivity contribution < 1.29 is 18.0 Å². The summed E-state index contributed by atoms with van der Waals surface area (Å²) in [6.07, 6.45) is -4.84. The molecule has 0 bridgehead atoms. The van der Waals surface area contributed by atoms with Crippen LogP contribution in [0.1, 0.15) is 30.4 Å². The average Bonchev–Trinajstić information content (AvgIpc) is 2.92. The van der Waals surface area contributed by atoms with Crippen molar-refractivity contribution in [1.82, 2.24) is 10.2 Å². The third-order valence-electron chi connectivity index (χ3n) is 4.25. The Labute approximate surface area is 134 Å². The molecule has 0 aromatic heterocycles. The van der Waals surface area contributed by atoms with E-state index in [9.17, 15) is 18.0 Å². The summed E-state index contributed by atoms with van der Waals surface area (Å²) in [6.45, 7) is 5.25. The lowest BCUT2D eigenvalue weighted by Gasteiger charge is -2.17. The second-order valence-electron chi connectivity index (χ2n) is 6.24. The van der Waals surface area contributed by atoms with Crippen LogP contribution in [0.5, 0.6) is 0 Å². The molecule has 1 fully saturated rings. The van der Waals surface area contributed by atoms with E-state index in [4.69, 9.17) is 0 Å². The third-order valence-corrected chi connectivity index (χ3v) is 4.25. The number of carbonyl (C=O) groups is 1. The highest BCUT2D eigenvalue weighted by Crippen LogP contribution is 2.22. The molecule has 1 aliphatic heterocycles. The van der Waals surface area contributed by atoms with Gasteiger partial charge in [0.2, 0.25) is 5.91 Å². The van der Waals surface area contributed by atoms with Crippen molar-refractivity contribution >= 4 is 5.91 Å². The first-order chi connectivity index (χ1) is 10.8. The fourth-order valence-corrected chi connectivity index (χ4v) is 2.85. The van der Waals surface area contributed by atoms with Gasteiger partial charge in [-0.2, -0.15) is 13.2 Å². The van der Waals surface area contributed by atoms with E-state index in [1.165, 1.54) is 11.1 Å². The zero-order valence-corrected chi connectivity index (χ0v) is 13.3. The second-order valence-corrected chi connectivity index (χ2v) is 6.24. The second kappa shape index (κ2) is 7.81. The highest BCUT2D eigenvalue weighted by Gasteiger charge is 2.28. The Morgan fingerprint density at radius 3 is 2.78 bits per heavy atom. The molecule has 0 saturated carbocycles. The minimum absolute atomic E-state index is 0.314. The molecule has 1 amide bonds. The van der Waals surface area contributed by atoms with Crippen LogP contribution in [0.15, 0.2) is 24.3 Å². The molecule has 1 heterocycles. The van der Waals surface area contributed by atoms with Crippen LogP contribution in [0.3, 0.4) is 0 Å². The number of halogens is 3. The summed E-state index contributed by atoms with van der Waals surface area (Å²) in [5, 5.41) is 2.63.